The number of benzene rings is 3. The number of nitrogens with zero attached hydrogens (tertiary/aromatic N) is 1. The maximum Gasteiger partial charge on any atom is 0.411 e. The third-order valence-electron chi connectivity index (χ3n) is 7.01. The van der Waals surface area contributed by atoms with E-state index in [1.54, 1.807) is 12.1 Å². The SMILES string of the molecule is CCC(C)(CC)c1cccc(Oc2ccc(C(c3ccc(O)cc3)(C(F)(F)F)C(F)(F)F)cc2)c1C#N. The third kappa shape index (κ3) is 4.85. The van der Waals surface area contributed by atoms with Crippen molar-refractivity contribution in [1.29, 1.82) is 5.26 Å². The second-order valence-corrected chi connectivity index (χ2v) is 8.98. The molecule has 1 N–H and O–H groups in total. The third-order valence-corrected chi connectivity index (χ3v) is 7.01. The summed E-state index contributed by atoms with van der Waals surface area (Å²) >= 11 is 0. The molecular weight excluding hydrogens is 496 g/mol. The highest BCUT2D eigenvalue weighted by Crippen LogP contribution is 2.56. The van der Waals surface area contributed by atoms with Crippen LogP contribution in [0.15, 0.2) is 66.7 Å². The molecule has 0 fully saturated rings. The summed E-state index contributed by atoms with van der Waals surface area (Å²) in [5.41, 5.74) is -5.82. The van der Waals surface area contributed by atoms with Crippen LogP contribution in [0.2, 0.25) is 0 Å². The van der Waals surface area contributed by atoms with Crippen molar-refractivity contribution in [1.82, 2.24) is 0 Å². The molecule has 3 rings (SSSR count). The smallest absolute Gasteiger partial charge is 0.411 e. The molecule has 0 saturated carbocycles. The van der Waals surface area contributed by atoms with Crippen molar-refractivity contribution in [2.24, 2.45) is 0 Å². The first-order valence-corrected chi connectivity index (χ1v) is 11.5. The molecule has 0 aliphatic rings. The highest BCUT2D eigenvalue weighted by atomic mass is 19.4. The Hall–Kier alpha value is -3.67. The average Bonchev–Trinajstić information content (AvgIpc) is 2.84. The van der Waals surface area contributed by atoms with E-state index in [9.17, 15) is 36.7 Å². The lowest BCUT2D eigenvalue weighted by Crippen LogP contribution is -2.54. The van der Waals surface area contributed by atoms with Crippen LogP contribution in [0.25, 0.3) is 0 Å². The van der Waals surface area contributed by atoms with Crippen molar-refractivity contribution >= 4 is 0 Å². The monoisotopic (exact) mass is 521 g/mol. The minimum Gasteiger partial charge on any atom is -0.508 e. The van der Waals surface area contributed by atoms with Crippen LogP contribution in [-0.2, 0) is 10.8 Å². The van der Waals surface area contributed by atoms with Crippen molar-refractivity contribution in [3.63, 3.8) is 0 Å². The number of rotatable bonds is 7. The van der Waals surface area contributed by atoms with Gasteiger partial charge in [0.2, 0.25) is 5.41 Å². The Morgan fingerprint density at radius 3 is 1.70 bits per heavy atom. The molecule has 0 aromatic heterocycles. The standard InChI is InChI=1S/C28H25F6NO2/c1-4-25(3,5-2)23-7-6-8-24(22(23)17-35)37-21-15-11-19(12-16-21)26(27(29,30)31,28(32,33)34)18-9-13-20(36)14-10-18/h6-16,36H,4-5H2,1-3H3. The van der Waals surface area contributed by atoms with Crippen LogP contribution in [0.4, 0.5) is 26.3 Å². The van der Waals surface area contributed by atoms with Gasteiger partial charge >= 0.3 is 12.4 Å². The Labute approximate surface area is 210 Å². The van der Waals surface area contributed by atoms with Crippen LogP contribution in [0.3, 0.4) is 0 Å². The second kappa shape index (κ2) is 10.0. The van der Waals surface area contributed by atoms with Gasteiger partial charge in [-0.1, -0.05) is 57.2 Å². The average molecular weight is 522 g/mol. The molecule has 3 aromatic rings. The van der Waals surface area contributed by atoms with Crippen molar-refractivity contribution in [3.05, 3.63) is 89.0 Å². The number of aromatic hydroxyl groups is 1. The topological polar surface area (TPSA) is 53.2 Å². The maximum absolute atomic E-state index is 14.3. The Morgan fingerprint density at radius 1 is 0.784 bits per heavy atom. The van der Waals surface area contributed by atoms with E-state index in [4.69, 9.17) is 4.74 Å². The molecule has 37 heavy (non-hydrogen) atoms. The number of alkyl halides is 6. The first-order valence-electron chi connectivity index (χ1n) is 11.5. The lowest BCUT2D eigenvalue weighted by atomic mass is 9.73. The Bertz CT molecular complexity index is 1250. The number of phenols is 1. The number of ether oxygens (including phenoxy) is 1. The maximum atomic E-state index is 14.3. The van der Waals surface area contributed by atoms with Gasteiger partial charge in [0.05, 0.1) is 5.56 Å². The Balaban J connectivity index is 2.11. The predicted molar refractivity (Wildman–Crippen MR) is 127 cm³/mol. The van der Waals surface area contributed by atoms with Gasteiger partial charge in [0.25, 0.3) is 0 Å². The zero-order valence-electron chi connectivity index (χ0n) is 20.3. The molecule has 0 aliphatic heterocycles. The largest absolute Gasteiger partial charge is 0.508 e. The summed E-state index contributed by atoms with van der Waals surface area (Å²) in [7, 11) is 0. The van der Waals surface area contributed by atoms with Gasteiger partial charge in [-0.25, -0.2) is 0 Å². The summed E-state index contributed by atoms with van der Waals surface area (Å²) in [4.78, 5) is 0. The molecule has 0 aliphatic carbocycles. The molecule has 0 radical (unpaired) electrons. The molecule has 0 spiro atoms. The number of hydrogen-bond acceptors (Lipinski definition) is 3. The summed E-state index contributed by atoms with van der Waals surface area (Å²) in [6.07, 6.45) is -10.0. The van der Waals surface area contributed by atoms with Crippen molar-refractivity contribution in [2.75, 3.05) is 0 Å². The lowest BCUT2D eigenvalue weighted by molar-refractivity contribution is -0.288. The molecule has 3 nitrogen and oxygen atoms in total. The minimum absolute atomic E-state index is 0.0314. The van der Waals surface area contributed by atoms with Crippen LogP contribution >= 0.6 is 0 Å². The second-order valence-electron chi connectivity index (χ2n) is 8.98. The quantitative estimate of drug-likeness (QED) is 0.317. The molecular formula is C28H25F6NO2. The molecule has 0 saturated heterocycles. The van der Waals surface area contributed by atoms with Gasteiger partial charge in [0.1, 0.15) is 23.3 Å². The molecule has 196 valence electrons. The van der Waals surface area contributed by atoms with Gasteiger partial charge in [-0.3, -0.25) is 0 Å². The highest BCUT2D eigenvalue weighted by Gasteiger charge is 2.72. The number of halogens is 6. The summed E-state index contributed by atoms with van der Waals surface area (Å²) < 4.78 is 91.3. The fourth-order valence-electron chi connectivity index (χ4n) is 4.46. The normalized spacial score (nSPS) is 12.8. The Morgan fingerprint density at radius 2 is 1.27 bits per heavy atom. The summed E-state index contributed by atoms with van der Waals surface area (Å²) in [5.74, 6) is -0.350. The van der Waals surface area contributed by atoms with Crippen LogP contribution < -0.4 is 4.74 Å². The van der Waals surface area contributed by atoms with Crippen LogP contribution in [0.5, 0.6) is 17.2 Å². The van der Waals surface area contributed by atoms with E-state index in [1.807, 2.05) is 20.8 Å². The van der Waals surface area contributed by atoms with E-state index in [0.29, 0.717) is 24.3 Å². The molecule has 3 aromatic carbocycles. The van der Waals surface area contributed by atoms with Crippen molar-refractivity contribution in [3.8, 4) is 23.3 Å². The van der Waals surface area contributed by atoms with Gasteiger partial charge in [-0.05, 0) is 65.3 Å². The van der Waals surface area contributed by atoms with Crippen LogP contribution in [-0.4, -0.2) is 17.5 Å². The van der Waals surface area contributed by atoms with E-state index in [-0.39, 0.29) is 22.5 Å². The zero-order chi connectivity index (χ0) is 27.6. The van der Waals surface area contributed by atoms with Gasteiger partial charge in [0, 0.05) is 0 Å². The molecule has 0 bridgehead atoms. The number of phenolic OH excluding ortho intramolecular Hbond substituents is 1. The van der Waals surface area contributed by atoms with Crippen molar-refractivity contribution < 1.29 is 36.2 Å². The van der Waals surface area contributed by atoms with E-state index < -0.39 is 34.6 Å². The summed E-state index contributed by atoms with van der Waals surface area (Å²) in [5, 5.41) is 19.2. The van der Waals surface area contributed by atoms with Gasteiger partial charge in [-0.2, -0.15) is 31.6 Å². The molecule has 9 heteroatoms. The predicted octanol–water partition coefficient (Wildman–Crippen LogP) is 8.54. The van der Waals surface area contributed by atoms with Gasteiger partial charge in [0.15, 0.2) is 0 Å². The molecule has 0 amide bonds. The fourth-order valence-corrected chi connectivity index (χ4v) is 4.46. The molecule has 0 heterocycles. The molecule has 0 atom stereocenters. The number of hydrogen-bond donors (Lipinski definition) is 1. The summed E-state index contributed by atoms with van der Waals surface area (Å²) in [6.45, 7) is 5.97. The van der Waals surface area contributed by atoms with Crippen molar-refractivity contribution in [2.45, 2.75) is 56.8 Å². The van der Waals surface area contributed by atoms with E-state index in [0.717, 1.165) is 42.7 Å². The van der Waals surface area contributed by atoms with Gasteiger partial charge < -0.3 is 9.84 Å². The fraction of sp³-hybridized carbons (Fsp3) is 0.321. The summed E-state index contributed by atoms with van der Waals surface area (Å²) in [6, 6.07) is 13.3. The minimum atomic E-state index is -5.75. The van der Waals surface area contributed by atoms with E-state index in [1.165, 1.54) is 6.07 Å². The van der Waals surface area contributed by atoms with Crippen LogP contribution in [0, 0.1) is 11.3 Å². The Kier molecular flexibility index (Phi) is 7.54. The zero-order valence-corrected chi connectivity index (χ0v) is 20.3. The van der Waals surface area contributed by atoms with Gasteiger partial charge in [-0.15, -0.1) is 0 Å². The molecule has 0 unspecified atom stereocenters. The van der Waals surface area contributed by atoms with E-state index in [2.05, 4.69) is 6.07 Å². The highest BCUT2D eigenvalue weighted by molar-refractivity contribution is 5.54. The lowest BCUT2D eigenvalue weighted by Gasteiger charge is -2.38. The first-order chi connectivity index (χ1) is 17.2. The number of nitriles is 1. The van der Waals surface area contributed by atoms with E-state index >= 15 is 0 Å². The first kappa shape index (κ1) is 27.9. The van der Waals surface area contributed by atoms with Crippen LogP contribution in [0.1, 0.15) is 55.9 Å².